The van der Waals surface area contributed by atoms with Gasteiger partial charge in [-0.05, 0) is 42.8 Å². The van der Waals surface area contributed by atoms with E-state index >= 15 is 4.39 Å². The Hall–Kier alpha value is -3.29. The molecule has 2 aromatic heterocycles. The highest BCUT2D eigenvalue weighted by atomic mass is 31.2. The van der Waals surface area contributed by atoms with Gasteiger partial charge in [-0.1, -0.05) is 13.0 Å². The van der Waals surface area contributed by atoms with Crippen LogP contribution < -0.4 is 4.90 Å². The maximum atomic E-state index is 15.2. The van der Waals surface area contributed by atoms with Crippen molar-refractivity contribution in [1.82, 2.24) is 25.2 Å². The van der Waals surface area contributed by atoms with Crippen molar-refractivity contribution in [3.05, 3.63) is 42.3 Å². The number of pyridine rings is 1. The first-order valence-electron chi connectivity index (χ1n) is 10.7. The average Bonchev–Trinajstić information content (AvgIpc) is 3.48. The van der Waals surface area contributed by atoms with Crippen molar-refractivity contribution in [3.63, 3.8) is 0 Å². The molecule has 2 atom stereocenters. The minimum Gasteiger partial charge on any atom is -0.405 e. The number of carbonyl (C=O) groups excluding carboxylic acids is 1. The van der Waals surface area contributed by atoms with E-state index in [-0.39, 0.29) is 11.3 Å². The van der Waals surface area contributed by atoms with E-state index in [0.717, 1.165) is 17.4 Å². The topological polar surface area (TPSA) is 151 Å². The van der Waals surface area contributed by atoms with Crippen molar-refractivity contribution < 1.29 is 37.2 Å². The number of amides is 1. The lowest BCUT2D eigenvalue weighted by Crippen LogP contribution is -2.63. The van der Waals surface area contributed by atoms with E-state index in [1.165, 1.54) is 30.0 Å². The molecule has 6 heterocycles. The third-order valence-corrected chi connectivity index (χ3v) is 7.25. The van der Waals surface area contributed by atoms with E-state index in [4.69, 9.17) is 18.3 Å². The van der Waals surface area contributed by atoms with Crippen LogP contribution in [-0.2, 0) is 29.4 Å². The first kappa shape index (κ1) is 22.2. The molecule has 4 aliphatic heterocycles. The second-order valence-electron chi connectivity index (χ2n) is 8.15. The molecule has 3 aromatic rings. The summed E-state index contributed by atoms with van der Waals surface area (Å²) in [5, 5.41) is 22.4. The number of benzene rings is 1. The molecule has 15 heteroatoms. The fourth-order valence-electron chi connectivity index (χ4n) is 4.22. The molecule has 1 amide bonds. The minimum absolute atomic E-state index is 0.0168. The Morgan fingerprint density at radius 1 is 1.23 bits per heavy atom. The zero-order valence-electron chi connectivity index (χ0n) is 18.4. The summed E-state index contributed by atoms with van der Waals surface area (Å²) in [4.78, 5) is 19.2. The van der Waals surface area contributed by atoms with Crippen molar-refractivity contribution in [2.75, 3.05) is 4.90 Å². The Labute approximate surface area is 197 Å². The first-order chi connectivity index (χ1) is 16.7. The van der Waals surface area contributed by atoms with Gasteiger partial charge in [0.15, 0.2) is 0 Å². The summed E-state index contributed by atoms with van der Waals surface area (Å²) in [6.45, 7) is 3.89. The van der Waals surface area contributed by atoms with Gasteiger partial charge in [0.05, 0.1) is 12.2 Å². The van der Waals surface area contributed by atoms with Crippen LogP contribution in [0.3, 0.4) is 0 Å². The Balaban J connectivity index is 1.29. The maximum absolute atomic E-state index is 15.2. The molecule has 0 unspecified atom stereocenters. The summed E-state index contributed by atoms with van der Waals surface area (Å²) in [5.74, 6) is -4.63. The van der Waals surface area contributed by atoms with Gasteiger partial charge in [-0.3, -0.25) is 4.98 Å². The molecule has 35 heavy (non-hydrogen) atoms. The number of tetrazole rings is 1. The molecule has 4 aliphatic rings. The summed E-state index contributed by atoms with van der Waals surface area (Å²) >= 11 is 0. The number of aliphatic hydroxyl groups is 1. The zero-order chi connectivity index (χ0) is 24.6. The van der Waals surface area contributed by atoms with E-state index < -0.39 is 37.5 Å². The number of aromatic nitrogens is 5. The average molecular weight is 504 g/mol. The molecule has 1 spiro atoms. The van der Waals surface area contributed by atoms with Crippen LogP contribution in [-0.4, -0.2) is 54.2 Å². The van der Waals surface area contributed by atoms with Gasteiger partial charge in [-0.15, -0.1) is 10.2 Å². The molecular formula is C20H18FN6O7P. The number of hydrogen-bond acceptors (Lipinski definition) is 11. The summed E-state index contributed by atoms with van der Waals surface area (Å²) in [6, 6.07) is 7.21. The Morgan fingerprint density at radius 3 is 2.69 bits per heavy atom. The van der Waals surface area contributed by atoms with Crippen molar-refractivity contribution in [2.45, 2.75) is 44.6 Å². The number of rotatable bonds is 6. The Bertz CT molecular complexity index is 1390. The van der Waals surface area contributed by atoms with E-state index in [1.807, 2.05) is 6.92 Å². The highest BCUT2D eigenvalue weighted by Crippen LogP contribution is 2.81. The van der Waals surface area contributed by atoms with Crippen molar-refractivity contribution >= 4 is 19.6 Å². The third-order valence-electron chi connectivity index (χ3n) is 5.82. The predicted octanol–water partition coefficient (Wildman–Crippen LogP) is 2.82. The number of halogens is 1. The monoisotopic (exact) mass is 504 g/mol. The molecule has 7 rings (SSSR count). The van der Waals surface area contributed by atoms with Crippen LogP contribution in [0.2, 0.25) is 0 Å². The van der Waals surface area contributed by atoms with Crippen LogP contribution in [0.4, 0.5) is 14.9 Å². The van der Waals surface area contributed by atoms with Gasteiger partial charge in [-0.25, -0.2) is 32.2 Å². The number of nitrogens with zero attached hydrogens (tertiary/aromatic N) is 6. The summed E-state index contributed by atoms with van der Waals surface area (Å²) in [5.41, 5.74) is 1.12. The van der Waals surface area contributed by atoms with E-state index in [2.05, 4.69) is 20.4 Å². The number of ether oxygens (including phenoxy) is 1. The van der Waals surface area contributed by atoms with Crippen LogP contribution in [0.15, 0.2) is 36.5 Å². The lowest BCUT2D eigenvalue weighted by Gasteiger charge is -2.39. The predicted molar refractivity (Wildman–Crippen MR) is 114 cm³/mol. The fourth-order valence-corrected chi connectivity index (χ4v) is 5.97. The van der Waals surface area contributed by atoms with Gasteiger partial charge < -0.3 is 9.84 Å². The van der Waals surface area contributed by atoms with Gasteiger partial charge in [0.2, 0.25) is 5.82 Å². The summed E-state index contributed by atoms with van der Waals surface area (Å²) in [7, 11) is -3.99. The quantitative estimate of drug-likeness (QED) is 0.494. The molecule has 1 aromatic carbocycles. The molecule has 13 nitrogen and oxygen atoms in total. The highest BCUT2D eigenvalue weighted by Gasteiger charge is 2.90. The number of hydrogen-bond donors (Lipinski definition) is 1. The molecule has 4 saturated heterocycles. The Kier molecular flexibility index (Phi) is 4.66. The third kappa shape index (κ3) is 3.01. The largest absolute Gasteiger partial charge is 0.486 e. The molecular weight excluding hydrogens is 486 g/mol. The number of anilines is 1. The van der Waals surface area contributed by atoms with Gasteiger partial charge >= 0.3 is 25.6 Å². The van der Waals surface area contributed by atoms with E-state index in [0.29, 0.717) is 23.6 Å². The van der Waals surface area contributed by atoms with Crippen LogP contribution >= 0.6 is 7.82 Å². The van der Waals surface area contributed by atoms with Crippen molar-refractivity contribution in [3.8, 4) is 22.6 Å². The molecule has 2 bridgehead atoms. The van der Waals surface area contributed by atoms with Crippen molar-refractivity contribution in [2.24, 2.45) is 0 Å². The van der Waals surface area contributed by atoms with E-state index in [9.17, 15) is 14.5 Å². The van der Waals surface area contributed by atoms with Crippen LogP contribution in [0, 0.1) is 5.82 Å². The number of aliphatic hydroxyl groups excluding tert-OH is 1. The molecule has 0 saturated carbocycles. The van der Waals surface area contributed by atoms with E-state index in [1.54, 1.807) is 12.1 Å². The standard InChI is InChI=1S/C20H18FN6O7P/c1-3-8-26-24-17(23-25-26)16-7-4-12(10-22-16)14-6-5-13(9-15(14)21)27-18(29)31-19(11(2)28)20(27)33-35(30,32-19)34-20/h4-7,9-11,28H,3,8H2,1-2H3/t11-,19-,20?,35?/m0/s1. The molecule has 4 fully saturated rings. The molecule has 1 N–H and O–H groups in total. The van der Waals surface area contributed by atoms with Crippen LogP contribution in [0.25, 0.3) is 22.6 Å². The summed E-state index contributed by atoms with van der Waals surface area (Å²) < 4.78 is 48.3. The second-order valence-corrected chi connectivity index (χ2v) is 9.60. The lowest BCUT2D eigenvalue weighted by molar-refractivity contribution is -0.278. The number of carbonyl (C=O) groups is 1. The number of phosphoric ester groups is 1. The molecule has 0 aliphatic carbocycles. The van der Waals surface area contributed by atoms with Crippen molar-refractivity contribution in [1.29, 1.82) is 0 Å². The lowest BCUT2D eigenvalue weighted by atomic mass is 10.0. The number of phosphoric acid groups is 1. The van der Waals surface area contributed by atoms with Gasteiger partial charge in [0, 0.05) is 17.3 Å². The minimum atomic E-state index is -3.99. The van der Waals surface area contributed by atoms with Crippen LogP contribution in [0.1, 0.15) is 20.3 Å². The van der Waals surface area contributed by atoms with Gasteiger partial charge in [0.1, 0.15) is 17.6 Å². The van der Waals surface area contributed by atoms with Gasteiger partial charge in [0.25, 0.3) is 0 Å². The normalized spacial score (nSPS) is 29.6. The van der Waals surface area contributed by atoms with Crippen LogP contribution in [0.5, 0.6) is 0 Å². The maximum Gasteiger partial charge on any atom is 0.486 e. The molecule has 0 radical (unpaired) electrons. The summed E-state index contributed by atoms with van der Waals surface area (Å²) in [6.07, 6.45) is -0.160. The highest BCUT2D eigenvalue weighted by molar-refractivity contribution is 7.50. The molecule has 182 valence electrons. The fraction of sp³-hybridized carbons (Fsp3) is 0.350. The first-order valence-corrected chi connectivity index (χ1v) is 12.1. The zero-order valence-corrected chi connectivity index (χ0v) is 19.3. The smallest absolute Gasteiger partial charge is 0.405 e. The van der Waals surface area contributed by atoms with Gasteiger partial charge in [-0.2, -0.15) is 4.80 Å². The SMILES string of the molecule is CCCn1nnc(-c2ccc(-c3ccc(N4C(=O)O[C@@]5([C@H](C)O)OP6(=O)OC45O6)cc3F)cn2)n1. The Morgan fingerprint density at radius 2 is 2.03 bits per heavy atom. The number of aryl methyl sites for hydroxylation is 1. The second kappa shape index (κ2) is 7.35.